The van der Waals surface area contributed by atoms with Crippen LogP contribution in [0.15, 0.2) is 42.5 Å². The van der Waals surface area contributed by atoms with Gasteiger partial charge < -0.3 is 0 Å². The van der Waals surface area contributed by atoms with Gasteiger partial charge in [0.1, 0.15) is 0 Å². The quantitative estimate of drug-likeness (QED) is 0.727. The SMILES string of the molecule is Oc1ccccc1CNc1cccc2n[se]nc12. The average Bonchev–Trinajstić information content (AvgIpc) is 2.86. The number of aromatic hydroxyl groups is 1. The van der Waals surface area contributed by atoms with Crippen molar-refractivity contribution in [1.82, 2.24) is 7.96 Å². The summed E-state index contributed by atoms with van der Waals surface area (Å²) in [5.41, 5.74) is 3.74. The fraction of sp³-hybridized carbons (Fsp3) is 0.0769. The predicted molar refractivity (Wildman–Crippen MR) is 71.9 cm³/mol. The topological polar surface area (TPSA) is 58.0 Å². The van der Waals surface area contributed by atoms with Crippen LogP contribution < -0.4 is 5.32 Å². The van der Waals surface area contributed by atoms with E-state index in [9.17, 15) is 5.11 Å². The summed E-state index contributed by atoms with van der Waals surface area (Å²) in [5, 5.41) is 13.0. The van der Waals surface area contributed by atoms with Crippen molar-refractivity contribution in [2.45, 2.75) is 6.54 Å². The molecule has 0 unspecified atom stereocenters. The molecule has 0 amide bonds. The average molecular weight is 304 g/mol. The first-order chi connectivity index (χ1) is 8.84. The first-order valence-corrected chi connectivity index (χ1v) is 7.10. The van der Waals surface area contributed by atoms with E-state index in [-0.39, 0.29) is 15.0 Å². The number of hydrogen-bond acceptors (Lipinski definition) is 4. The molecule has 1 aromatic heterocycles. The Hall–Kier alpha value is -1.84. The van der Waals surface area contributed by atoms with Gasteiger partial charge in [0, 0.05) is 0 Å². The molecule has 2 aromatic carbocycles. The molecule has 0 aliphatic heterocycles. The zero-order valence-corrected chi connectivity index (χ0v) is 11.2. The molecule has 0 saturated carbocycles. The molecule has 90 valence electrons. The number of hydrogen-bond donors (Lipinski definition) is 2. The van der Waals surface area contributed by atoms with Crippen molar-refractivity contribution in [3.05, 3.63) is 48.0 Å². The molecule has 0 fully saturated rings. The van der Waals surface area contributed by atoms with E-state index >= 15 is 0 Å². The normalized spacial score (nSPS) is 10.7. The summed E-state index contributed by atoms with van der Waals surface area (Å²) in [6.07, 6.45) is 0. The molecule has 0 bridgehead atoms. The zero-order chi connectivity index (χ0) is 12.4. The maximum absolute atomic E-state index is 9.70. The molecular weight excluding hydrogens is 293 g/mol. The Morgan fingerprint density at radius 3 is 2.83 bits per heavy atom. The molecule has 0 radical (unpaired) electrons. The van der Waals surface area contributed by atoms with E-state index in [2.05, 4.69) is 13.3 Å². The van der Waals surface area contributed by atoms with Crippen LogP contribution in [0.2, 0.25) is 0 Å². The van der Waals surface area contributed by atoms with Crippen LogP contribution in [0.4, 0.5) is 5.69 Å². The molecule has 0 aliphatic rings. The fourth-order valence-electron chi connectivity index (χ4n) is 1.80. The van der Waals surface area contributed by atoms with Crippen LogP contribution in [-0.4, -0.2) is 28.0 Å². The summed E-state index contributed by atoms with van der Waals surface area (Å²) in [4.78, 5) is 0. The third-order valence-electron chi connectivity index (χ3n) is 2.75. The number of phenols is 1. The Morgan fingerprint density at radius 1 is 1.06 bits per heavy atom. The molecule has 4 nitrogen and oxygen atoms in total. The number of phenolic OH excluding ortho intramolecular Hbond substituents is 1. The summed E-state index contributed by atoms with van der Waals surface area (Å²) in [7, 11) is 0. The molecule has 5 heteroatoms. The van der Waals surface area contributed by atoms with Crippen LogP contribution in [0, 0.1) is 0 Å². The standard InChI is InChI=1S/C13H11N3OSe/c17-12-7-2-1-4-9(12)8-14-10-5-3-6-11-13(10)16-18-15-11/h1-7,14,17H,8H2. The molecule has 0 saturated heterocycles. The van der Waals surface area contributed by atoms with Gasteiger partial charge in [-0.05, 0) is 0 Å². The molecule has 2 N–H and O–H groups in total. The number of rotatable bonds is 3. The van der Waals surface area contributed by atoms with Gasteiger partial charge in [-0.1, -0.05) is 0 Å². The van der Waals surface area contributed by atoms with Crippen LogP contribution in [0.1, 0.15) is 5.56 Å². The van der Waals surface area contributed by atoms with Crippen molar-refractivity contribution in [2.24, 2.45) is 0 Å². The molecular formula is C13H11N3OSe. The Kier molecular flexibility index (Phi) is 3.00. The van der Waals surface area contributed by atoms with Gasteiger partial charge in [0.25, 0.3) is 0 Å². The van der Waals surface area contributed by atoms with Gasteiger partial charge in [-0.3, -0.25) is 0 Å². The maximum atomic E-state index is 9.70. The monoisotopic (exact) mass is 305 g/mol. The van der Waals surface area contributed by atoms with Gasteiger partial charge >= 0.3 is 110 Å². The Labute approximate surface area is 111 Å². The van der Waals surface area contributed by atoms with Gasteiger partial charge in [0.05, 0.1) is 0 Å². The second-order valence-corrected chi connectivity index (χ2v) is 5.03. The van der Waals surface area contributed by atoms with E-state index < -0.39 is 0 Å². The van der Waals surface area contributed by atoms with Crippen molar-refractivity contribution in [3.63, 3.8) is 0 Å². The number of fused-ring (bicyclic) bond motifs is 1. The molecule has 3 rings (SSSR count). The van der Waals surface area contributed by atoms with E-state index in [1.54, 1.807) is 6.07 Å². The van der Waals surface area contributed by atoms with Crippen molar-refractivity contribution < 1.29 is 5.11 Å². The fourth-order valence-corrected chi connectivity index (χ4v) is 2.95. The van der Waals surface area contributed by atoms with Gasteiger partial charge in [0.2, 0.25) is 0 Å². The van der Waals surface area contributed by atoms with E-state index in [0.717, 1.165) is 22.3 Å². The van der Waals surface area contributed by atoms with E-state index in [4.69, 9.17) is 0 Å². The summed E-state index contributed by atoms with van der Waals surface area (Å²) in [6, 6.07) is 13.2. The molecule has 0 aliphatic carbocycles. The number of aromatic nitrogens is 2. The van der Waals surface area contributed by atoms with Crippen LogP contribution in [0.25, 0.3) is 11.0 Å². The number of para-hydroxylation sites is 1. The Bertz CT molecular complexity index is 681. The van der Waals surface area contributed by atoms with Crippen molar-refractivity contribution >= 4 is 31.7 Å². The Balaban J connectivity index is 1.85. The van der Waals surface area contributed by atoms with E-state index in [0.29, 0.717) is 12.3 Å². The second kappa shape index (κ2) is 4.80. The number of anilines is 1. The van der Waals surface area contributed by atoms with Crippen LogP contribution in [0.3, 0.4) is 0 Å². The second-order valence-electron chi connectivity index (χ2n) is 3.92. The summed E-state index contributed by atoms with van der Waals surface area (Å²) < 4.78 is 8.74. The summed E-state index contributed by atoms with van der Waals surface area (Å²) >= 11 is -0.0188. The zero-order valence-electron chi connectivity index (χ0n) is 9.50. The van der Waals surface area contributed by atoms with Gasteiger partial charge in [-0.15, -0.1) is 0 Å². The molecule has 1 heterocycles. The van der Waals surface area contributed by atoms with Crippen LogP contribution in [0.5, 0.6) is 5.75 Å². The number of nitrogens with one attached hydrogen (secondary N) is 1. The van der Waals surface area contributed by atoms with Crippen LogP contribution in [-0.2, 0) is 6.54 Å². The van der Waals surface area contributed by atoms with Crippen molar-refractivity contribution in [2.75, 3.05) is 5.32 Å². The molecule has 0 spiro atoms. The van der Waals surface area contributed by atoms with E-state index in [1.807, 2.05) is 36.4 Å². The first kappa shape index (κ1) is 11.3. The van der Waals surface area contributed by atoms with Crippen molar-refractivity contribution in [3.8, 4) is 5.75 Å². The number of benzene rings is 2. The molecule has 0 atom stereocenters. The van der Waals surface area contributed by atoms with Gasteiger partial charge in [-0.2, -0.15) is 0 Å². The van der Waals surface area contributed by atoms with Crippen LogP contribution >= 0.6 is 0 Å². The molecule has 18 heavy (non-hydrogen) atoms. The Morgan fingerprint density at radius 2 is 1.94 bits per heavy atom. The molecule has 3 aromatic rings. The van der Waals surface area contributed by atoms with Crippen molar-refractivity contribution in [1.29, 1.82) is 0 Å². The number of nitrogens with zero attached hydrogens (tertiary/aromatic N) is 2. The van der Waals surface area contributed by atoms with E-state index in [1.165, 1.54) is 0 Å². The third kappa shape index (κ3) is 2.10. The van der Waals surface area contributed by atoms with Gasteiger partial charge in [0.15, 0.2) is 0 Å². The summed E-state index contributed by atoms with van der Waals surface area (Å²) in [6.45, 7) is 0.575. The minimum absolute atomic E-state index is 0.0188. The summed E-state index contributed by atoms with van der Waals surface area (Å²) in [5.74, 6) is 0.309. The minimum atomic E-state index is -0.0188. The van der Waals surface area contributed by atoms with Gasteiger partial charge in [-0.25, -0.2) is 0 Å². The predicted octanol–water partition coefficient (Wildman–Crippen LogP) is 2.00. The first-order valence-electron chi connectivity index (χ1n) is 5.56. The third-order valence-corrected chi connectivity index (χ3v) is 3.89.